The van der Waals surface area contributed by atoms with Gasteiger partial charge in [0.05, 0.1) is 6.10 Å². The van der Waals surface area contributed by atoms with E-state index in [-0.39, 0.29) is 6.10 Å². The van der Waals surface area contributed by atoms with Gasteiger partial charge in [0.15, 0.2) is 0 Å². The van der Waals surface area contributed by atoms with Gasteiger partial charge in [-0.3, -0.25) is 0 Å². The number of ether oxygens (including phenoxy) is 1. The summed E-state index contributed by atoms with van der Waals surface area (Å²) in [5, 5.41) is 3.16. The van der Waals surface area contributed by atoms with E-state index in [1.807, 2.05) is 20.8 Å². The molecule has 21 heavy (non-hydrogen) atoms. The molecule has 0 amide bonds. The highest BCUT2D eigenvalue weighted by molar-refractivity contribution is 5.39. The lowest BCUT2D eigenvalue weighted by molar-refractivity contribution is 0.222. The minimum absolute atomic E-state index is 0.0521. The molecule has 0 bridgehead atoms. The minimum atomic E-state index is 0.0521. The van der Waals surface area contributed by atoms with Crippen LogP contribution in [0.3, 0.4) is 0 Å². The summed E-state index contributed by atoms with van der Waals surface area (Å²) in [5.41, 5.74) is 0. The van der Waals surface area contributed by atoms with Crippen LogP contribution in [0.2, 0.25) is 0 Å². The number of rotatable bonds is 5. The van der Waals surface area contributed by atoms with Crippen LogP contribution < -0.4 is 15.0 Å². The molecule has 1 aromatic rings. The Morgan fingerprint density at radius 1 is 1.24 bits per heavy atom. The lowest BCUT2D eigenvalue weighted by atomic mass is 10.1. The van der Waals surface area contributed by atoms with Crippen LogP contribution >= 0.6 is 0 Å². The van der Waals surface area contributed by atoms with Gasteiger partial charge >= 0.3 is 6.01 Å². The van der Waals surface area contributed by atoms with Crippen molar-refractivity contribution in [1.82, 2.24) is 15.0 Å². The second-order valence-electron chi connectivity index (χ2n) is 5.83. The van der Waals surface area contributed by atoms with Crippen molar-refractivity contribution >= 4 is 11.9 Å². The van der Waals surface area contributed by atoms with E-state index in [0.29, 0.717) is 18.0 Å². The normalized spacial score (nSPS) is 19.5. The van der Waals surface area contributed by atoms with Crippen LogP contribution in [0.4, 0.5) is 11.9 Å². The quantitative estimate of drug-likeness (QED) is 0.900. The predicted octanol–water partition coefficient (Wildman–Crippen LogP) is 2.86. The third kappa shape index (κ3) is 4.44. The van der Waals surface area contributed by atoms with E-state index in [1.54, 1.807) is 0 Å². The van der Waals surface area contributed by atoms with Gasteiger partial charge in [-0.25, -0.2) is 0 Å². The van der Waals surface area contributed by atoms with Gasteiger partial charge in [0.2, 0.25) is 11.9 Å². The van der Waals surface area contributed by atoms with Crippen molar-refractivity contribution in [1.29, 1.82) is 0 Å². The lowest BCUT2D eigenvalue weighted by Gasteiger charge is -2.27. The Morgan fingerprint density at radius 2 is 2.05 bits per heavy atom. The molecule has 0 radical (unpaired) electrons. The monoisotopic (exact) mass is 293 g/mol. The Labute approximate surface area is 127 Å². The van der Waals surface area contributed by atoms with Crippen LogP contribution in [0.5, 0.6) is 6.01 Å². The van der Waals surface area contributed by atoms with Gasteiger partial charge in [-0.05, 0) is 40.5 Å². The Balaban J connectivity index is 2.28. The summed E-state index contributed by atoms with van der Waals surface area (Å²) in [6.45, 7) is 10.00. The summed E-state index contributed by atoms with van der Waals surface area (Å²) in [5.74, 6) is 1.32. The van der Waals surface area contributed by atoms with Crippen LogP contribution in [0.25, 0.3) is 0 Å². The lowest BCUT2D eigenvalue weighted by Crippen LogP contribution is -2.34. The first-order valence-corrected chi connectivity index (χ1v) is 8.03. The number of nitrogens with one attached hydrogen (secondary N) is 1. The van der Waals surface area contributed by atoms with E-state index < -0.39 is 0 Å². The second-order valence-corrected chi connectivity index (χ2v) is 5.83. The van der Waals surface area contributed by atoms with E-state index in [0.717, 1.165) is 19.0 Å². The second kappa shape index (κ2) is 7.43. The van der Waals surface area contributed by atoms with E-state index in [1.165, 1.54) is 25.7 Å². The van der Waals surface area contributed by atoms with Crippen molar-refractivity contribution < 1.29 is 4.74 Å². The molecule has 1 aliphatic rings. The Morgan fingerprint density at radius 3 is 2.76 bits per heavy atom. The van der Waals surface area contributed by atoms with Gasteiger partial charge in [0.25, 0.3) is 0 Å². The molecule has 1 aromatic heterocycles. The molecule has 0 spiro atoms. The molecule has 2 rings (SSSR count). The summed E-state index contributed by atoms with van der Waals surface area (Å²) in [7, 11) is 0. The van der Waals surface area contributed by atoms with E-state index in [2.05, 4.69) is 32.1 Å². The molecule has 6 nitrogen and oxygen atoms in total. The van der Waals surface area contributed by atoms with E-state index >= 15 is 0 Å². The van der Waals surface area contributed by atoms with Crippen molar-refractivity contribution in [3.8, 4) is 6.01 Å². The zero-order chi connectivity index (χ0) is 15.2. The number of nitrogens with zero attached hydrogens (tertiary/aromatic N) is 4. The zero-order valence-corrected chi connectivity index (χ0v) is 13.6. The number of aromatic nitrogens is 3. The largest absolute Gasteiger partial charge is 0.461 e. The number of hydrogen-bond donors (Lipinski definition) is 1. The van der Waals surface area contributed by atoms with Crippen LogP contribution in [-0.4, -0.2) is 40.2 Å². The fraction of sp³-hybridized carbons (Fsp3) is 0.800. The molecule has 0 aliphatic carbocycles. The summed E-state index contributed by atoms with van der Waals surface area (Å²) in [4.78, 5) is 15.7. The Kier molecular flexibility index (Phi) is 5.59. The van der Waals surface area contributed by atoms with Gasteiger partial charge in [-0.15, -0.1) is 0 Å². The molecule has 0 saturated carbocycles. The fourth-order valence-electron chi connectivity index (χ4n) is 2.55. The molecule has 118 valence electrons. The molecule has 2 heterocycles. The number of anilines is 2. The van der Waals surface area contributed by atoms with Gasteiger partial charge < -0.3 is 15.0 Å². The molecular formula is C15H27N5O. The van der Waals surface area contributed by atoms with Crippen LogP contribution in [-0.2, 0) is 0 Å². The van der Waals surface area contributed by atoms with Crippen molar-refractivity contribution in [3.05, 3.63) is 0 Å². The van der Waals surface area contributed by atoms with Gasteiger partial charge in [-0.1, -0.05) is 12.8 Å². The Bertz CT molecular complexity index is 452. The van der Waals surface area contributed by atoms with E-state index in [4.69, 9.17) is 4.74 Å². The molecule has 1 N–H and O–H groups in total. The van der Waals surface area contributed by atoms with Crippen LogP contribution in [0.15, 0.2) is 0 Å². The van der Waals surface area contributed by atoms with Crippen molar-refractivity contribution in [2.45, 2.75) is 65.5 Å². The smallest absolute Gasteiger partial charge is 0.323 e. The maximum Gasteiger partial charge on any atom is 0.323 e. The van der Waals surface area contributed by atoms with Gasteiger partial charge in [-0.2, -0.15) is 15.0 Å². The molecule has 1 fully saturated rings. The molecule has 0 aromatic carbocycles. The van der Waals surface area contributed by atoms with Crippen molar-refractivity contribution in [3.63, 3.8) is 0 Å². The molecule has 1 aliphatic heterocycles. The first-order chi connectivity index (χ1) is 10.1. The number of hydrogen-bond acceptors (Lipinski definition) is 6. The maximum atomic E-state index is 5.67. The average molecular weight is 293 g/mol. The minimum Gasteiger partial charge on any atom is -0.461 e. The van der Waals surface area contributed by atoms with Crippen molar-refractivity contribution in [2.75, 3.05) is 23.3 Å². The molecular weight excluding hydrogens is 266 g/mol. The highest BCUT2D eigenvalue weighted by Gasteiger charge is 2.21. The maximum absolute atomic E-state index is 5.67. The van der Waals surface area contributed by atoms with E-state index in [9.17, 15) is 0 Å². The zero-order valence-electron chi connectivity index (χ0n) is 13.6. The summed E-state index contributed by atoms with van der Waals surface area (Å²) in [6, 6.07) is 0.860. The van der Waals surface area contributed by atoms with Gasteiger partial charge in [0, 0.05) is 19.1 Å². The highest BCUT2D eigenvalue weighted by atomic mass is 16.5. The highest BCUT2D eigenvalue weighted by Crippen LogP contribution is 2.23. The first-order valence-electron chi connectivity index (χ1n) is 8.03. The molecule has 1 saturated heterocycles. The van der Waals surface area contributed by atoms with Crippen molar-refractivity contribution in [2.24, 2.45) is 0 Å². The molecule has 6 heteroatoms. The average Bonchev–Trinajstić information content (AvgIpc) is 2.62. The summed E-state index contributed by atoms with van der Waals surface area (Å²) < 4.78 is 5.67. The third-order valence-corrected chi connectivity index (χ3v) is 3.59. The SMILES string of the molecule is CCNc1nc(OC(C)C)nc(N2CCCCCC2C)n1. The summed E-state index contributed by atoms with van der Waals surface area (Å²) >= 11 is 0. The Hall–Kier alpha value is -1.59. The molecule has 1 atom stereocenters. The van der Waals surface area contributed by atoms with Gasteiger partial charge in [0.1, 0.15) is 0 Å². The fourth-order valence-corrected chi connectivity index (χ4v) is 2.55. The molecule has 1 unspecified atom stereocenters. The topological polar surface area (TPSA) is 63.2 Å². The standard InChI is InChI=1S/C15H27N5O/c1-5-16-13-17-14(19-15(18-13)21-11(2)3)20-10-8-6-7-9-12(20)4/h11-12H,5-10H2,1-4H3,(H,16,17,18,19). The predicted molar refractivity (Wildman–Crippen MR) is 85.0 cm³/mol. The van der Waals surface area contributed by atoms with Crippen LogP contribution in [0.1, 0.15) is 53.4 Å². The summed E-state index contributed by atoms with van der Waals surface area (Å²) in [6.07, 6.45) is 4.98. The first kappa shape index (κ1) is 15.8. The van der Waals surface area contributed by atoms with Crippen LogP contribution in [0, 0.1) is 0 Å². The third-order valence-electron chi connectivity index (χ3n) is 3.59.